The van der Waals surface area contributed by atoms with Gasteiger partial charge in [-0.1, -0.05) is 11.6 Å². The molecule has 0 aliphatic carbocycles. The lowest BCUT2D eigenvalue weighted by Gasteiger charge is -2.18. The number of carbonyl (C=O) groups is 1. The number of hydrogen-bond donors (Lipinski definition) is 1. The highest BCUT2D eigenvalue weighted by Gasteiger charge is 2.33. The lowest BCUT2D eigenvalue weighted by Crippen LogP contribution is -2.37. The van der Waals surface area contributed by atoms with Crippen LogP contribution in [0.2, 0.25) is 5.02 Å². The van der Waals surface area contributed by atoms with Gasteiger partial charge in [0.2, 0.25) is 0 Å². The van der Waals surface area contributed by atoms with Gasteiger partial charge >= 0.3 is 0 Å². The van der Waals surface area contributed by atoms with Crippen molar-refractivity contribution in [1.82, 2.24) is 10.2 Å². The molecule has 1 aromatic carbocycles. The topological polar surface area (TPSA) is 97.8 Å². The van der Waals surface area contributed by atoms with Crippen LogP contribution >= 0.6 is 23.8 Å². The Kier molecular flexibility index (Phi) is 5.35. The van der Waals surface area contributed by atoms with Crippen molar-refractivity contribution in [3.63, 3.8) is 0 Å². The highest BCUT2D eigenvalue weighted by molar-refractivity contribution is 7.80. The summed E-state index contributed by atoms with van der Waals surface area (Å²) in [6, 6.07) is 7.50. The van der Waals surface area contributed by atoms with Crippen LogP contribution in [0, 0.1) is 10.1 Å². The smallest absolute Gasteiger partial charge is 0.276 e. The Labute approximate surface area is 176 Å². The van der Waals surface area contributed by atoms with Crippen molar-refractivity contribution < 1.29 is 18.9 Å². The standard InChI is InChI=1S/C19H16ClN3O5S/c20-15-8-11(23(25)26)3-5-14(15)17-6-4-12(28-17)9-16-18(24)22(19(29)21-16)10-13-2-1-7-27-13/h3-6,8-9,13H,1-2,7,10H2,(H,21,29). The molecule has 8 nitrogen and oxygen atoms in total. The largest absolute Gasteiger partial charge is 0.457 e. The third-order valence-corrected chi connectivity index (χ3v) is 5.35. The minimum atomic E-state index is -0.518. The van der Waals surface area contributed by atoms with Crippen molar-refractivity contribution in [2.75, 3.05) is 13.2 Å². The van der Waals surface area contributed by atoms with Crippen molar-refractivity contribution in [2.45, 2.75) is 18.9 Å². The zero-order valence-corrected chi connectivity index (χ0v) is 16.7. The highest BCUT2D eigenvalue weighted by atomic mass is 35.5. The molecule has 10 heteroatoms. The number of nitrogens with one attached hydrogen (secondary N) is 1. The number of rotatable bonds is 5. The number of nitrogens with zero attached hydrogens (tertiary/aromatic N) is 2. The van der Waals surface area contributed by atoms with E-state index in [2.05, 4.69) is 5.32 Å². The van der Waals surface area contributed by atoms with Crippen LogP contribution in [0.15, 0.2) is 40.4 Å². The van der Waals surface area contributed by atoms with Crippen LogP contribution in [0.5, 0.6) is 0 Å². The third-order valence-electron chi connectivity index (χ3n) is 4.71. The molecule has 1 unspecified atom stereocenters. The molecule has 1 atom stereocenters. The fourth-order valence-electron chi connectivity index (χ4n) is 3.26. The van der Waals surface area contributed by atoms with E-state index < -0.39 is 4.92 Å². The van der Waals surface area contributed by atoms with Gasteiger partial charge in [0.25, 0.3) is 11.6 Å². The molecular formula is C19H16ClN3O5S. The summed E-state index contributed by atoms with van der Waals surface area (Å²) in [4.78, 5) is 24.5. The van der Waals surface area contributed by atoms with Gasteiger partial charge in [-0.05, 0) is 43.3 Å². The normalized spacial score (nSPS) is 20.5. The Morgan fingerprint density at radius 1 is 1.38 bits per heavy atom. The zero-order chi connectivity index (χ0) is 20.5. The van der Waals surface area contributed by atoms with Crippen LogP contribution in [0.3, 0.4) is 0 Å². The Hall–Kier alpha value is -2.75. The summed E-state index contributed by atoms with van der Waals surface area (Å²) in [7, 11) is 0. The van der Waals surface area contributed by atoms with Crippen molar-refractivity contribution in [3.05, 3.63) is 56.9 Å². The van der Waals surface area contributed by atoms with Crippen LogP contribution in [-0.2, 0) is 9.53 Å². The number of carbonyl (C=O) groups excluding carboxylic acids is 1. The number of amides is 1. The van der Waals surface area contributed by atoms with E-state index in [9.17, 15) is 14.9 Å². The molecule has 0 saturated carbocycles. The minimum absolute atomic E-state index is 0.00227. The maximum atomic E-state index is 12.7. The Balaban J connectivity index is 1.52. The molecule has 0 bridgehead atoms. The van der Waals surface area contributed by atoms with Gasteiger partial charge in [-0.15, -0.1) is 0 Å². The number of non-ortho nitro benzene ring substituents is 1. The lowest BCUT2D eigenvalue weighted by atomic mass is 10.1. The van der Waals surface area contributed by atoms with Crippen LogP contribution in [0.4, 0.5) is 5.69 Å². The van der Waals surface area contributed by atoms with Crippen LogP contribution in [0.1, 0.15) is 18.6 Å². The van der Waals surface area contributed by atoms with Gasteiger partial charge in [0.1, 0.15) is 17.2 Å². The summed E-state index contributed by atoms with van der Waals surface area (Å²) in [5.41, 5.74) is 0.722. The van der Waals surface area contributed by atoms with Crippen LogP contribution in [0.25, 0.3) is 17.4 Å². The first-order chi connectivity index (χ1) is 13.9. The van der Waals surface area contributed by atoms with Gasteiger partial charge in [-0.25, -0.2) is 0 Å². The number of nitro benzene ring substituents is 1. The second kappa shape index (κ2) is 7.94. The van der Waals surface area contributed by atoms with E-state index in [-0.39, 0.29) is 22.7 Å². The molecule has 0 spiro atoms. The fourth-order valence-corrected chi connectivity index (χ4v) is 3.80. The molecule has 2 aliphatic heterocycles. The third kappa shape index (κ3) is 4.02. The maximum absolute atomic E-state index is 12.7. The summed E-state index contributed by atoms with van der Waals surface area (Å²) in [6.07, 6.45) is 3.45. The second-order valence-electron chi connectivity index (χ2n) is 6.66. The number of thiocarbonyl (C=S) groups is 1. The molecule has 2 fully saturated rings. The van der Waals surface area contributed by atoms with E-state index in [4.69, 9.17) is 33.0 Å². The van der Waals surface area contributed by atoms with Crippen molar-refractivity contribution in [2.24, 2.45) is 0 Å². The predicted molar refractivity (Wildman–Crippen MR) is 110 cm³/mol. The minimum Gasteiger partial charge on any atom is -0.457 e. The molecule has 1 N–H and O–H groups in total. The molecule has 3 heterocycles. The molecule has 150 valence electrons. The molecule has 29 heavy (non-hydrogen) atoms. The summed E-state index contributed by atoms with van der Waals surface area (Å²) in [5.74, 6) is 0.616. The highest BCUT2D eigenvalue weighted by Crippen LogP contribution is 2.33. The summed E-state index contributed by atoms with van der Waals surface area (Å²) >= 11 is 11.4. The van der Waals surface area contributed by atoms with Gasteiger partial charge in [-0.3, -0.25) is 19.8 Å². The average molecular weight is 434 g/mol. The fraction of sp³-hybridized carbons (Fsp3) is 0.263. The number of nitro groups is 1. The molecular weight excluding hydrogens is 418 g/mol. The quantitative estimate of drug-likeness (QED) is 0.332. The molecule has 2 aliphatic rings. The predicted octanol–water partition coefficient (Wildman–Crippen LogP) is 3.74. The zero-order valence-electron chi connectivity index (χ0n) is 15.1. The summed E-state index contributed by atoms with van der Waals surface area (Å²) in [6.45, 7) is 1.12. The Morgan fingerprint density at radius 3 is 2.90 bits per heavy atom. The Bertz CT molecular complexity index is 1030. The van der Waals surface area contributed by atoms with Gasteiger partial charge in [0.15, 0.2) is 5.11 Å². The first-order valence-electron chi connectivity index (χ1n) is 8.92. The second-order valence-corrected chi connectivity index (χ2v) is 7.46. The van der Waals surface area contributed by atoms with E-state index in [1.54, 1.807) is 18.2 Å². The van der Waals surface area contributed by atoms with E-state index >= 15 is 0 Å². The number of hydrogen-bond acceptors (Lipinski definition) is 6. The van der Waals surface area contributed by atoms with E-state index in [1.165, 1.54) is 23.1 Å². The monoisotopic (exact) mass is 433 g/mol. The SMILES string of the molecule is O=C1C(=Cc2ccc(-c3ccc([N+](=O)[O-])cc3Cl)o2)NC(=S)N1CC1CCCO1. The van der Waals surface area contributed by atoms with E-state index in [1.807, 2.05) is 0 Å². The van der Waals surface area contributed by atoms with E-state index in [0.29, 0.717) is 41.0 Å². The number of ether oxygens (including phenoxy) is 1. The summed E-state index contributed by atoms with van der Waals surface area (Å²) in [5, 5.41) is 14.3. The maximum Gasteiger partial charge on any atom is 0.276 e. The van der Waals surface area contributed by atoms with E-state index in [0.717, 1.165) is 12.8 Å². The van der Waals surface area contributed by atoms with Crippen molar-refractivity contribution >= 4 is 46.6 Å². The molecule has 2 saturated heterocycles. The molecule has 1 amide bonds. The van der Waals surface area contributed by atoms with Crippen molar-refractivity contribution in [3.8, 4) is 11.3 Å². The van der Waals surface area contributed by atoms with Gasteiger partial charge < -0.3 is 14.5 Å². The number of furan rings is 1. The average Bonchev–Trinajstić information content (AvgIpc) is 3.41. The first kappa shape index (κ1) is 19.6. The van der Waals surface area contributed by atoms with Gasteiger partial charge in [0, 0.05) is 30.4 Å². The van der Waals surface area contributed by atoms with Crippen LogP contribution < -0.4 is 5.32 Å². The van der Waals surface area contributed by atoms with Crippen molar-refractivity contribution in [1.29, 1.82) is 0 Å². The first-order valence-corrected chi connectivity index (χ1v) is 9.71. The summed E-state index contributed by atoms with van der Waals surface area (Å²) < 4.78 is 11.3. The molecule has 4 rings (SSSR count). The van der Waals surface area contributed by atoms with Crippen LogP contribution in [-0.4, -0.2) is 40.1 Å². The lowest BCUT2D eigenvalue weighted by molar-refractivity contribution is -0.384. The molecule has 1 aromatic heterocycles. The van der Waals surface area contributed by atoms with Gasteiger partial charge in [-0.2, -0.15) is 0 Å². The number of benzene rings is 1. The molecule has 2 aromatic rings. The Morgan fingerprint density at radius 2 is 2.21 bits per heavy atom. The molecule has 0 radical (unpaired) electrons. The van der Waals surface area contributed by atoms with Gasteiger partial charge in [0.05, 0.1) is 22.6 Å². The number of halogens is 1.